The molecular formula is C24H22ClN5O4. The highest BCUT2D eigenvalue weighted by molar-refractivity contribution is 6.32. The molecule has 0 bridgehead atoms. The lowest BCUT2D eigenvalue weighted by atomic mass is 10.1. The van der Waals surface area contributed by atoms with Crippen molar-refractivity contribution in [3.63, 3.8) is 0 Å². The van der Waals surface area contributed by atoms with Gasteiger partial charge in [0.2, 0.25) is 5.89 Å². The maximum absolute atomic E-state index is 13.2. The Kier molecular flexibility index (Phi) is 5.57. The van der Waals surface area contributed by atoms with E-state index in [0.29, 0.717) is 34.7 Å². The van der Waals surface area contributed by atoms with Gasteiger partial charge >= 0.3 is 0 Å². The molecule has 2 aliphatic rings. The Hall–Kier alpha value is -3.72. The number of carbonyl (C=O) groups excluding carboxylic acids is 2. The van der Waals surface area contributed by atoms with E-state index in [1.807, 2.05) is 38.1 Å². The SMILES string of the molecule is CCOc1ccc(-c2nc(CN3N=N[C@@H]4C(=O)N(c5ccc(C)c(Cl)c5)C(=O)[C@@H]43)c(C)o2)cc1. The summed E-state index contributed by atoms with van der Waals surface area (Å²) in [4.78, 5) is 31.9. The zero-order valence-electron chi connectivity index (χ0n) is 18.9. The predicted octanol–water partition coefficient (Wildman–Crippen LogP) is 4.50. The summed E-state index contributed by atoms with van der Waals surface area (Å²) in [6, 6.07) is 10.8. The van der Waals surface area contributed by atoms with E-state index in [-0.39, 0.29) is 6.54 Å². The van der Waals surface area contributed by atoms with Crippen molar-refractivity contribution in [2.75, 3.05) is 11.5 Å². The van der Waals surface area contributed by atoms with Crippen LogP contribution < -0.4 is 9.64 Å². The highest BCUT2D eigenvalue weighted by atomic mass is 35.5. The van der Waals surface area contributed by atoms with Crippen LogP contribution in [0.15, 0.2) is 57.2 Å². The lowest BCUT2D eigenvalue weighted by molar-refractivity contribution is -0.123. The number of halogens is 1. The third-order valence-electron chi connectivity index (χ3n) is 5.89. The number of nitrogens with zero attached hydrogens (tertiary/aromatic N) is 5. The molecule has 9 nitrogen and oxygen atoms in total. The fraction of sp³-hybridized carbons (Fsp3) is 0.292. The molecule has 34 heavy (non-hydrogen) atoms. The quantitative estimate of drug-likeness (QED) is 0.482. The van der Waals surface area contributed by atoms with Crippen LogP contribution in [0.2, 0.25) is 5.02 Å². The summed E-state index contributed by atoms with van der Waals surface area (Å²) in [6.45, 7) is 6.34. The van der Waals surface area contributed by atoms with E-state index in [0.717, 1.165) is 21.8 Å². The smallest absolute Gasteiger partial charge is 0.263 e. The molecule has 10 heteroatoms. The Morgan fingerprint density at radius 2 is 1.85 bits per heavy atom. The van der Waals surface area contributed by atoms with E-state index in [1.54, 1.807) is 25.1 Å². The van der Waals surface area contributed by atoms with Crippen LogP contribution in [0.1, 0.15) is 23.9 Å². The van der Waals surface area contributed by atoms with Gasteiger partial charge in [-0.1, -0.05) is 22.9 Å². The van der Waals surface area contributed by atoms with Gasteiger partial charge in [0.1, 0.15) is 17.2 Å². The van der Waals surface area contributed by atoms with E-state index in [1.165, 1.54) is 5.01 Å². The second-order valence-corrected chi connectivity index (χ2v) is 8.52. The standard InChI is InChI=1S/C24H22ClN5O4/c1-4-33-17-9-6-15(7-10-17)22-26-19(14(3)34-22)12-29-21-20(27-28-29)23(31)30(24(21)32)16-8-5-13(2)18(25)11-16/h5-11,20-21H,4,12H2,1-3H3/t20-,21+/m0/s1. The summed E-state index contributed by atoms with van der Waals surface area (Å²) in [5, 5.41) is 10.1. The Bertz CT molecular complexity index is 1300. The molecule has 0 unspecified atom stereocenters. The van der Waals surface area contributed by atoms with Gasteiger partial charge in [-0.15, -0.1) is 0 Å². The molecule has 2 aromatic carbocycles. The number of imide groups is 1. The fourth-order valence-corrected chi connectivity index (χ4v) is 4.22. The van der Waals surface area contributed by atoms with Gasteiger partial charge in [0.15, 0.2) is 12.1 Å². The van der Waals surface area contributed by atoms with E-state index < -0.39 is 23.9 Å². The molecule has 3 aromatic rings. The molecule has 0 N–H and O–H groups in total. The average Bonchev–Trinajstić information content (AvgIpc) is 3.47. The second kappa shape index (κ2) is 8.57. The predicted molar refractivity (Wildman–Crippen MR) is 125 cm³/mol. The number of benzene rings is 2. The molecule has 1 fully saturated rings. The van der Waals surface area contributed by atoms with Gasteiger partial charge in [0.05, 0.1) is 18.8 Å². The van der Waals surface area contributed by atoms with Gasteiger partial charge < -0.3 is 9.15 Å². The first kappa shape index (κ1) is 22.1. The first-order chi connectivity index (χ1) is 16.4. The van der Waals surface area contributed by atoms with Crippen molar-refractivity contribution in [3.8, 4) is 17.2 Å². The van der Waals surface area contributed by atoms with Crippen molar-refractivity contribution in [2.24, 2.45) is 10.3 Å². The van der Waals surface area contributed by atoms with Crippen LogP contribution in [0, 0.1) is 13.8 Å². The van der Waals surface area contributed by atoms with Gasteiger partial charge in [-0.3, -0.25) is 14.6 Å². The molecule has 1 aromatic heterocycles. The minimum Gasteiger partial charge on any atom is -0.494 e. The van der Waals surface area contributed by atoms with Crippen molar-refractivity contribution >= 4 is 29.1 Å². The molecule has 0 aliphatic carbocycles. The third-order valence-corrected chi connectivity index (χ3v) is 6.30. The topological polar surface area (TPSA) is 101 Å². The van der Waals surface area contributed by atoms with E-state index in [2.05, 4.69) is 15.3 Å². The normalized spacial score (nSPS) is 19.3. The van der Waals surface area contributed by atoms with Gasteiger partial charge in [0.25, 0.3) is 11.8 Å². The number of hydrogen-bond donors (Lipinski definition) is 0. The summed E-state index contributed by atoms with van der Waals surface area (Å²) in [5.74, 6) is 0.998. The van der Waals surface area contributed by atoms with Crippen LogP contribution in [0.5, 0.6) is 5.75 Å². The first-order valence-electron chi connectivity index (χ1n) is 10.9. The van der Waals surface area contributed by atoms with Crippen molar-refractivity contribution < 1.29 is 18.7 Å². The number of aromatic nitrogens is 1. The zero-order chi connectivity index (χ0) is 24.0. The summed E-state index contributed by atoms with van der Waals surface area (Å²) in [6.07, 6.45) is 0. The van der Waals surface area contributed by atoms with E-state index >= 15 is 0 Å². The number of carbonyl (C=O) groups is 2. The monoisotopic (exact) mass is 479 g/mol. The largest absolute Gasteiger partial charge is 0.494 e. The van der Waals surface area contributed by atoms with Crippen LogP contribution in [-0.4, -0.2) is 40.5 Å². The Morgan fingerprint density at radius 1 is 1.09 bits per heavy atom. The van der Waals surface area contributed by atoms with Crippen LogP contribution in [0.3, 0.4) is 0 Å². The van der Waals surface area contributed by atoms with Crippen molar-refractivity contribution in [3.05, 3.63) is 64.5 Å². The summed E-state index contributed by atoms with van der Waals surface area (Å²) in [7, 11) is 0. The average molecular weight is 480 g/mol. The molecule has 0 spiro atoms. The molecule has 0 saturated carbocycles. The third kappa shape index (κ3) is 3.71. The van der Waals surface area contributed by atoms with Crippen LogP contribution in [0.25, 0.3) is 11.5 Å². The lowest BCUT2D eigenvalue weighted by Gasteiger charge is -2.20. The van der Waals surface area contributed by atoms with Gasteiger partial charge in [-0.2, -0.15) is 5.11 Å². The molecule has 174 valence electrons. The first-order valence-corrected chi connectivity index (χ1v) is 11.3. The number of ether oxygens (including phenoxy) is 1. The number of anilines is 1. The van der Waals surface area contributed by atoms with Crippen LogP contribution >= 0.6 is 11.6 Å². The van der Waals surface area contributed by atoms with E-state index in [4.69, 9.17) is 20.8 Å². The highest BCUT2D eigenvalue weighted by Gasteiger charge is 2.55. The van der Waals surface area contributed by atoms with Crippen molar-refractivity contribution in [1.82, 2.24) is 9.99 Å². The molecule has 5 rings (SSSR count). The number of aryl methyl sites for hydroxylation is 2. The minimum absolute atomic E-state index is 0.179. The van der Waals surface area contributed by atoms with Crippen molar-refractivity contribution in [1.29, 1.82) is 0 Å². The molecule has 2 atom stereocenters. The number of amides is 2. The van der Waals surface area contributed by atoms with Crippen molar-refractivity contribution in [2.45, 2.75) is 39.4 Å². The lowest BCUT2D eigenvalue weighted by Crippen LogP contribution is -2.39. The highest BCUT2D eigenvalue weighted by Crippen LogP contribution is 2.35. The number of hydrogen-bond acceptors (Lipinski definition) is 8. The van der Waals surface area contributed by atoms with Gasteiger partial charge in [-0.05, 0) is 62.7 Å². The number of oxazole rings is 1. The zero-order valence-corrected chi connectivity index (χ0v) is 19.6. The molecule has 1 saturated heterocycles. The molecule has 2 amide bonds. The minimum atomic E-state index is -0.898. The molecule has 0 radical (unpaired) electrons. The second-order valence-electron chi connectivity index (χ2n) is 8.12. The Labute approximate surface area is 201 Å². The number of fused-ring (bicyclic) bond motifs is 1. The van der Waals surface area contributed by atoms with Crippen LogP contribution in [0.4, 0.5) is 5.69 Å². The maximum Gasteiger partial charge on any atom is 0.263 e. The Balaban J connectivity index is 1.36. The maximum atomic E-state index is 13.2. The molecule has 3 heterocycles. The van der Waals surface area contributed by atoms with Gasteiger partial charge in [-0.25, -0.2) is 9.88 Å². The fourth-order valence-electron chi connectivity index (χ4n) is 4.04. The summed E-state index contributed by atoms with van der Waals surface area (Å²) in [5.41, 5.74) is 2.69. The number of rotatable bonds is 6. The summed E-state index contributed by atoms with van der Waals surface area (Å²) >= 11 is 6.21. The van der Waals surface area contributed by atoms with Gasteiger partial charge in [0, 0.05) is 10.6 Å². The van der Waals surface area contributed by atoms with Crippen LogP contribution in [-0.2, 0) is 16.1 Å². The molecule has 2 aliphatic heterocycles. The molecular weight excluding hydrogens is 458 g/mol. The van der Waals surface area contributed by atoms with E-state index in [9.17, 15) is 9.59 Å². The Morgan fingerprint density at radius 3 is 2.56 bits per heavy atom. The summed E-state index contributed by atoms with van der Waals surface area (Å²) < 4.78 is 11.3.